The van der Waals surface area contributed by atoms with Crippen molar-refractivity contribution < 1.29 is 0 Å². The molecule has 3 aromatic rings. The minimum absolute atomic E-state index is 1.00. The van der Waals surface area contributed by atoms with Crippen LogP contribution in [-0.4, -0.2) is 19.5 Å². The van der Waals surface area contributed by atoms with Crippen molar-refractivity contribution in [1.29, 1.82) is 0 Å². The summed E-state index contributed by atoms with van der Waals surface area (Å²) in [6.45, 7) is 0. The molecule has 0 saturated carbocycles. The summed E-state index contributed by atoms with van der Waals surface area (Å²) < 4.78 is 0. The van der Waals surface area contributed by atoms with Gasteiger partial charge in [-0.1, -0.05) is 42.5 Å². The van der Waals surface area contributed by atoms with Gasteiger partial charge in [0.05, 0.1) is 12.4 Å². The van der Waals surface area contributed by atoms with E-state index in [1.807, 2.05) is 85.9 Å². The van der Waals surface area contributed by atoms with Gasteiger partial charge in [0.1, 0.15) is 0 Å². The van der Waals surface area contributed by atoms with E-state index >= 15 is 0 Å². The minimum Gasteiger partial charge on any atom is -0.388 e. The Morgan fingerprint density at radius 2 is 1.08 bits per heavy atom. The van der Waals surface area contributed by atoms with Crippen molar-refractivity contribution in [2.24, 2.45) is 10.2 Å². The second-order valence-corrected chi connectivity index (χ2v) is 5.47. The van der Waals surface area contributed by atoms with Crippen molar-refractivity contribution in [1.82, 2.24) is 0 Å². The number of nitrogens with zero attached hydrogens (tertiary/aromatic N) is 2. The average molecular weight is 328 g/mol. The second kappa shape index (κ2) is 8.45. The Labute approximate surface area is 148 Å². The van der Waals surface area contributed by atoms with Crippen LogP contribution in [0.15, 0.2) is 89.1 Å². The SMILES string of the molecule is CNc1ccc(/C=N/N=C/c2ccc(Nc3ccccc3)cc2)cc1. The third-order valence-corrected chi connectivity index (χ3v) is 3.65. The first-order chi connectivity index (χ1) is 12.3. The van der Waals surface area contributed by atoms with Crippen molar-refractivity contribution in [2.75, 3.05) is 17.7 Å². The van der Waals surface area contributed by atoms with Gasteiger partial charge in [0, 0.05) is 24.1 Å². The molecule has 0 bridgehead atoms. The fourth-order valence-corrected chi connectivity index (χ4v) is 2.28. The van der Waals surface area contributed by atoms with E-state index < -0.39 is 0 Å². The summed E-state index contributed by atoms with van der Waals surface area (Å²) >= 11 is 0. The second-order valence-electron chi connectivity index (χ2n) is 5.47. The minimum atomic E-state index is 1.00. The van der Waals surface area contributed by atoms with Crippen LogP contribution in [0.3, 0.4) is 0 Å². The van der Waals surface area contributed by atoms with Crippen molar-refractivity contribution in [2.45, 2.75) is 0 Å². The Morgan fingerprint density at radius 1 is 0.600 bits per heavy atom. The summed E-state index contributed by atoms with van der Waals surface area (Å²) in [7, 11) is 1.90. The molecule has 0 aromatic heterocycles. The number of nitrogens with one attached hydrogen (secondary N) is 2. The standard InChI is InChI=1S/C21H20N4/c1-22-19-11-7-17(8-12-19)15-23-24-16-18-9-13-21(14-10-18)25-20-5-3-2-4-6-20/h2-16,22,25H,1H3/b23-15+,24-16+. The van der Waals surface area contributed by atoms with Crippen molar-refractivity contribution >= 4 is 29.5 Å². The Morgan fingerprint density at radius 3 is 1.60 bits per heavy atom. The van der Waals surface area contributed by atoms with Gasteiger partial charge in [0.25, 0.3) is 0 Å². The van der Waals surface area contributed by atoms with Crippen molar-refractivity contribution in [3.63, 3.8) is 0 Å². The molecule has 0 atom stereocenters. The van der Waals surface area contributed by atoms with Crippen molar-refractivity contribution in [3.8, 4) is 0 Å². The van der Waals surface area contributed by atoms with E-state index in [-0.39, 0.29) is 0 Å². The fourth-order valence-electron chi connectivity index (χ4n) is 2.28. The number of benzene rings is 3. The van der Waals surface area contributed by atoms with Gasteiger partial charge in [0.15, 0.2) is 0 Å². The first kappa shape index (κ1) is 16.5. The van der Waals surface area contributed by atoms with E-state index in [2.05, 4.69) is 20.8 Å². The highest BCUT2D eigenvalue weighted by Crippen LogP contribution is 2.16. The molecule has 0 amide bonds. The Hall–Kier alpha value is -3.40. The normalized spacial score (nSPS) is 11.1. The number of hydrogen-bond donors (Lipinski definition) is 2. The molecule has 3 rings (SSSR count). The van der Waals surface area contributed by atoms with Gasteiger partial charge in [-0.15, -0.1) is 0 Å². The van der Waals surface area contributed by atoms with Gasteiger partial charge in [-0.25, -0.2) is 0 Å². The van der Waals surface area contributed by atoms with Crippen LogP contribution in [0, 0.1) is 0 Å². The van der Waals surface area contributed by atoms with Crippen LogP contribution in [0.5, 0.6) is 0 Å². The van der Waals surface area contributed by atoms with E-state index in [0.29, 0.717) is 0 Å². The van der Waals surface area contributed by atoms with E-state index in [0.717, 1.165) is 28.2 Å². The molecular formula is C21H20N4. The lowest BCUT2D eigenvalue weighted by molar-refractivity contribution is 1.26. The highest BCUT2D eigenvalue weighted by molar-refractivity contribution is 5.83. The molecule has 0 unspecified atom stereocenters. The lowest BCUT2D eigenvalue weighted by Gasteiger charge is -2.05. The van der Waals surface area contributed by atoms with Crippen molar-refractivity contribution in [3.05, 3.63) is 90.0 Å². The number of hydrogen-bond acceptors (Lipinski definition) is 4. The first-order valence-corrected chi connectivity index (χ1v) is 8.10. The molecule has 0 spiro atoms. The molecule has 0 aliphatic heterocycles. The Balaban J connectivity index is 1.57. The zero-order valence-corrected chi connectivity index (χ0v) is 14.1. The van der Waals surface area contributed by atoms with Gasteiger partial charge >= 0.3 is 0 Å². The van der Waals surface area contributed by atoms with Crippen LogP contribution < -0.4 is 10.6 Å². The maximum atomic E-state index is 4.10. The van der Waals surface area contributed by atoms with Gasteiger partial charge in [0.2, 0.25) is 0 Å². The van der Waals surface area contributed by atoms with Gasteiger partial charge in [-0.3, -0.25) is 0 Å². The molecule has 0 aliphatic carbocycles. The molecule has 0 heterocycles. The van der Waals surface area contributed by atoms with E-state index in [1.54, 1.807) is 12.4 Å². The van der Waals surface area contributed by atoms with E-state index in [1.165, 1.54) is 0 Å². The zero-order chi connectivity index (χ0) is 17.3. The molecule has 0 saturated heterocycles. The molecule has 4 heteroatoms. The third-order valence-electron chi connectivity index (χ3n) is 3.65. The quantitative estimate of drug-likeness (QED) is 0.498. The maximum absolute atomic E-state index is 4.10. The monoisotopic (exact) mass is 328 g/mol. The number of rotatable bonds is 6. The zero-order valence-electron chi connectivity index (χ0n) is 14.1. The largest absolute Gasteiger partial charge is 0.388 e. The highest BCUT2D eigenvalue weighted by atomic mass is 15.2. The van der Waals surface area contributed by atoms with E-state index in [4.69, 9.17) is 0 Å². The maximum Gasteiger partial charge on any atom is 0.0568 e. The van der Waals surface area contributed by atoms with E-state index in [9.17, 15) is 0 Å². The lowest BCUT2D eigenvalue weighted by atomic mass is 10.2. The summed E-state index contributed by atoms with van der Waals surface area (Å²) in [5.41, 5.74) is 5.19. The molecule has 4 nitrogen and oxygen atoms in total. The summed E-state index contributed by atoms with van der Waals surface area (Å²) in [6, 6.07) is 26.1. The summed E-state index contributed by atoms with van der Waals surface area (Å²) in [5, 5.41) is 14.6. The average Bonchev–Trinajstić information content (AvgIpc) is 2.68. The molecule has 2 N–H and O–H groups in total. The molecule has 0 fully saturated rings. The molecule has 0 radical (unpaired) electrons. The number of anilines is 3. The van der Waals surface area contributed by atoms with Crippen LogP contribution in [0.1, 0.15) is 11.1 Å². The van der Waals surface area contributed by atoms with Crippen LogP contribution >= 0.6 is 0 Å². The molecule has 0 aliphatic rings. The van der Waals surface area contributed by atoms with Gasteiger partial charge < -0.3 is 10.6 Å². The predicted molar refractivity (Wildman–Crippen MR) is 107 cm³/mol. The highest BCUT2D eigenvalue weighted by Gasteiger charge is 1.94. The molecular weight excluding hydrogens is 308 g/mol. The summed E-state index contributed by atoms with van der Waals surface area (Å²) in [4.78, 5) is 0. The van der Waals surface area contributed by atoms with Gasteiger partial charge in [-0.05, 0) is 47.5 Å². The molecule has 124 valence electrons. The predicted octanol–water partition coefficient (Wildman–Crippen LogP) is 4.92. The van der Waals surface area contributed by atoms with Crippen LogP contribution in [0.25, 0.3) is 0 Å². The summed E-state index contributed by atoms with van der Waals surface area (Å²) in [6.07, 6.45) is 3.48. The number of para-hydroxylation sites is 1. The fraction of sp³-hybridized carbons (Fsp3) is 0.0476. The topological polar surface area (TPSA) is 48.8 Å². The van der Waals surface area contributed by atoms with Crippen LogP contribution in [0.4, 0.5) is 17.1 Å². The third kappa shape index (κ3) is 5.04. The molecule has 3 aromatic carbocycles. The molecule has 25 heavy (non-hydrogen) atoms. The van der Waals surface area contributed by atoms with Crippen LogP contribution in [0.2, 0.25) is 0 Å². The first-order valence-electron chi connectivity index (χ1n) is 8.10. The smallest absolute Gasteiger partial charge is 0.0568 e. The van der Waals surface area contributed by atoms with Gasteiger partial charge in [-0.2, -0.15) is 10.2 Å². The Bertz CT molecular complexity index is 835. The van der Waals surface area contributed by atoms with Crippen LogP contribution in [-0.2, 0) is 0 Å². The summed E-state index contributed by atoms with van der Waals surface area (Å²) in [5.74, 6) is 0. The lowest BCUT2D eigenvalue weighted by Crippen LogP contribution is -1.90. The Kier molecular flexibility index (Phi) is 5.56.